The van der Waals surface area contributed by atoms with Crippen LogP contribution in [0.5, 0.6) is 0 Å². The third-order valence-electron chi connectivity index (χ3n) is 4.13. The number of fused-ring (bicyclic) bond motifs is 1. The summed E-state index contributed by atoms with van der Waals surface area (Å²) in [4.78, 5) is 31.5. The maximum Gasteiger partial charge on any atom is 0.338 e. The predicted octanol–water partition coefficient (Wildman–Crippen LogP) is 3.29. The molecule has 1 aromatic rings. The highest BCUT2D eigenvalue weighted by Gasteiger charge is 2.41. The van der Waals surface area contributed by atoms with E-state index in [1.54, 1.807) is 18.9 Å². The van der Waals surface area contributed by atoms with Crippen molar-refractivity contribution >= 4 is 44.7 Å². The average Bonchev–Trinajstić information content (AvgIpc) is 2.61. The minimum atomic E-state index is -0.536. The van der Waals surface area contributed by atoms with E-state index >= 15 is 0 Å². The molecule has 3 rings (SSSR count). The van der Waals surface area contributed by atoms with Gasteiger partial charge >= 0.3 is 5.97 Å². The smallest absolute Gasteiger partial charge is 0.338 e. The van der Waals surface area contributed by atoms with E-state index in [1.807, 2.05) is 24.3 Å². The summed E-state index contributed by atoms with van der Waals surface area (Å²) in [5.74, 6) is 0.186. The number of amidine groups is 1. The number of amides is 1. The van der Waals surface area contributed by atoms with Gasteiger partial charge in [-0.1, -0.05) is 39.8 Å². The summed E-state index contributed by atoms with van der Waals surface area (Å²) in [6.45, 7) is 2.25. The number of ether oxygens (including phenoxy) is 2. The van der Waals surface area contributed by atoms with Crippen molar-refractivity contribution in [3.05, 3.63) is 45.6 Å². The summed E-state index contributed by atoms with van der Waals surface area (Å²) in [5, 5.41) is 0.639. The van der Waals surface area contributed by atoms with Crippen LogP contribution in [0.15, 0.2) is 45.0 Å². The number of nitrogens with zero attached hydrogens (tertiary/aromatic N) is 2. The summed E-state index contributed by atoms with van der Waals surface area (Å²) >= 11 is 4.95. The molecule has 0 spiro atoms. The maximum absolute atomic E-state index is 12.8. The first-order valence-corrected chi connectivity index (χ1v) is 9.96. The van der Waals surface area contributed by atoms with Gasteiger partial charge in [0.05, 0.1) is 23.9 Å². The molecular formula is C18H19BrN2O4S. The molecule has 2 aliphatic rings. The van der Waals surface area contributed by atoms with Crippen molar-refractivity contribution in [2.75, 3.05) is 26.1 Å². The Hall–Kier alpha value is -1.64. The van der Waals surface area contributed by atoms with Crippen molar-refractivity contribution in [3.63, 3.8) is 0 Å². The molecule has 2 heterocycles. The van der Waals surface area contributed by atoms with E-state index in [0.717, 1.165) is 10.0 Å². The Bertz CT molecular complexity index is 776. The largest absolute Gasteiger partial charge is 0.460 e. The van der Waals surface area contributed by atoms with Gasteiger partial charge in [-0.25, -0.2) is 9.79 Å². The van der Waals surface area contributed by atoms with Crippen LogP contribution >= 0.6 is 27.7 Å². The predicted molar refractivity (Wildman–Crippen MR) is 104 cm³/mol. The average molecular weight is 439 g/mol. The van der Waals surface area contributed by atoms with Crippen LogP contribution in [0.3, 0.4) is 0 Å². The van der Waals surface area contributed by atoms with Gasteiger partial charge in [0.15, 0.2) is 5.17 Å². The van der Waals surface area contributed by atoms with Crippen molar-refractivity contribution in [2.45, 2.75) is 19.4 Å². The number of hydrogen-bond acceptors (Lipinski definition) is 6. The molecule has 2 aliphatic heterocycles. The standard InChI is InChI=1S/C18H19BrN2O4S/c1-11-15(17(23)25-9-8-24-2)16(12-3-5-13(19)6-4-12)21-14(22)7-10-26-18(21)20-11/h3-6,16H,7-10H2,1-2H3/t16-/m1/s1. The lowest BCUT2D eigenvalue weighted by molar-refractivity contribution is -0.141. The number of aliphatic imine (C=N–C) groups is 1. The van der Waals surface area contributed by atoms with E-state index in [-0.39, 0.29) is 12.5 Å². The third kappa shape index (κ3) is 3.87. The summed E-state index contributed by atoms with van der Waals surface area (Å²) in [6, 6.07) is 7.06. The van der Waals surface area contributed by atoms with Gasteiger partial charge in [0.25, 0.3) is 0 Å². The fourth-order valence-electron chi connectivity index (χ4n) is 2.91. The molecule has 0 N–H and O–H groups in total. The SMILES string of the molecule is COCCOC(=O)C1=C(C)N=C2SCCC(=O)N2[C@@H]1c1ccc(Br)cc1. The lowest BCUT2D eigenvalue weighted by atomic mass is 9.94. The number of esters is 1. The molecule has 1 saturated heterocycles. The quantitative estimate of drug-likeness (QED) is 0.521. The highest BCUT2D eigenvalue weighted by molar-refractivity contribution is 9.10. The summed E-state index contributed by atoms with van der Waals surface area (Å²) in [5.41, 5.74) is 1.81. The maximum atomic E-state index is 12.8. The molecule has 0 aliphatic carbocycles. The van der Waals surface area contributed by atoms with Gasteiger partial charge in [0.2, 0.25) is 5.91 Å². The number of carbonyl (C=O) groups is 2. The minimum Gasteiger partial charge on any atom is -0.460 e. The lowest BCUT2D eigenvalue weighted by Crippen LogP contribution is -2.45. The van der Waals surface area contributed by atoms with Crippen LogP contribution in [0.1, 0.15) is 24.9 Å². The van der Waals surface area contributed by atoms with E-state index in [0.29, 0.717) is 35.2 Å². The number of rotatable bonds is 5. The zero-order chi connectivity index (χ0) is 18.7. The molecular weight excluding hydrogens is 420 g/mol. The Labute approximate surface area is 164 Å². The fourth-order valence-corrected chi connectivity index (χ4v) is 4.18. The van der Waals surface area contributed by atoms with E-state index in [1.165, 1.54) is 11.8 Å². The van der Waals surface area contributed by atoms with E-state index in [4.69, 9.17) is 9.47 Å². The van der Waals surface area contributed by atoms with Crippen molar-refractivity contribution in [3.8, 4) is 0 Å². The molecule has 1 aromatic carbocycles. The number of thioether (sulfide) groups is 1. The Kier molecular flexibility index (Phi) is 6.16. The number of methoxy groups -OCH3 is 1. The van der Waals surface area contributed by atoms with Crippen LogP contribution in [0.2, 0.25) is 0 Å². The van der Waals surface area contributed by atoms with E-state index in [2.05, 4.69) is 20.9 Å². The summed E-state index contributed by atoms with van der Waals surface area (Å²) < 4.78 is 11.2. The molecule has 8 heteroatoms. The Morgan fingerprint density at radius 2 is 2.08 bits per heavy atom. The van der Waals surface area contributed by atoms with Gasteiger partial charge in [0.1, 0.15) is 6.61 Å². The van der Waals surface area contributed by atoms with E-state index < -0.39 is 12.0 Å². The van der Waals surface area contributed by atoms with Crippen molar-refractivity contribution in [2.24, 2.45) is 4.99 Å². The highest BCUT2D eigenvalue weighted by Crippen LogP contribution is 2.40. The zero-order valence-electron chi connectivity index (χ0n) is 14.5. The molecule has 0 aromatic heterocycles. The third-order valence-corrected chi connectivity index (χ3v) is 5.62. The molecule has 1 fully saturated rings. The lowest BCUT2D eigenvalue weighted by Gasteiger charge is -2.38. The number of allylic oxidation sites excluding steroid dienone is 1. The highest BCUT2D eigenvalue weighted by atomic mass is 79.9. The number of hydrogen-bond donors (Lipinski definition) is 0. The molecule has 0 saturated carbocycles. The Morgan fingerprint density at radius 3 is 2.77 bits per heavy atom. The van der Waals surface area contributed by atoms with Crippen molar-refractivity contribution in [1.82, 2.24) is 4.90 Å². The van der Waals surface area contributed by atoms with Crippen LogP contribution in [0, 0.1) is 0 Å². The second-order valence-electron chi connectivity index (χ2n) is 5.84. The molecule has 1 atom stereocenters. The number of carbonyl (C=O) groups excluding carboxylic acids is 2. The second kappa shape index (κ2) is 8.37. The summed E-state index contributed by atoms with van der Waals surface area (Å²) in [7, 11) is 1.55. The van der Waals surface area contributed by atoms with Crippen LogP contribution in [0.25, 0.3) is 0 Å². The van der Waals surface area contributed by atoms with Gasteiger partial charge in [-0.2, -0.15) is 0 Å². The van der Waals surface area contributed by atoms with Gasteiger partial charge in [-0.3, -0.25) is 9.69 Å². The van der Waals surface area contributed by atoms with Gasteiger partial charge in [0, 0.05) is 23.8 Å². The Balaban J connectivity index is 2.03. The second-order valence-corrected chi connectivity index (χ2v) is 7.82. The zero-order valence-corrected chi connectivity index (χ0v) is 16.9. The molecule has 26 heavy (non-hydrogen) atoms. The van der Waals surface area contributed by atoms with Gasteiger partial charge in [-0.15, -0.1) is 0 Å². The normalized spacial score (nSPS) is 20.0. The van der Waals surface area contributed by atoms with Crippen LogP contribution < -0.4 is 0 Å². The first-order chi connectivity index (χ1) is 12.5. The molecule has 0 bridgehead atoms. The van der Waals surface area contributed by atoms with Crippen molar-refractivity contribution in [1.29, 1.82) is 0 Å². The molecule has 138 valence electrons. The van der Waals surface area contributed by atoms with Crippen LogP contribution in [0.4, 0.5) is 0 Å². The molecule has 6 nitrogen and oxygen atoms in total. The monoisotopic (exact) mass is 438 g/mol. The van der Waals surface area contributed by atoms with Gasteiger partial charge in [-0.05, 0) is 24.6 Å². The summed E-state index contributed by atoms with van der Waals surface area (Å²) in [6.07, 6.45) is 0.418. The minimum absolute atomic E-state index is 0.0369. The van der Waals surface area contributed by atoms with Gasteiger partial charge < -0.3 is 9.47 Å². The molecule has 0 unspecified atom stereocenters. The van der Waals surface area contributed by atoms with Crippen LogP contribution in [-0.4, -0.2) is 48.0 Å². The number of benzene rings is 1. The van der Waals surface area contributed by atoms with Crippen LogP contribution in [-0.2, 0) is 19.1 Å². The van der Waals surface area contributed by atoms with Crippen molar-refractivity contribution < 1.29 is 19.1 Å². The fraction of sp³-hybridized carbons (Fsp3) is 0.389. The topological polar surface area (TPSA) is 68.2 Å². The molecule has 0 radical (unpaired) electrons. The molecule has 1 amide bonds. The Morgan fingerprint density at radius 1 is 1.35 bits per heavy atom. The first kappa shape index (κ1) is 19.1. The first-order valence-electron chi connectivity index (χ1n) is 8.18. The van der Waals surface area contributed by atoms with E-state index in [9.17, 15) is 9.59 Å². The number of halogens is 1.